The lowest BCUT2D eigenvalue weighted by Crippen LogP contribution is -2.07. The highest BCUT2D eigenvalue weighted by Crippen LogP contribution is 2.12. The number of methoxy groups -OCH3 is 1. The number of hydrogen-bond donors (Lipinski definition) is 1. The first-order valence-electron chi connectivity index (χ1n) is 5.07. The molecular formula is C11H18N2O2. The second kappa shape index (κ2) is 6.37. The van der Waals surface area contributed by atoms with E-state index in [1.807, 2.05) is 19.1 Å². The molecule has 2 N–H and O–H groups in total. The van der Waals surface area contributed by atoms with Crippen LogP contribution in [-0.2, 0) is 4.74 Å². The molecule has 0 saturated carbocycles. The molecule has 15 heavy (non-hydrogen) atoms. The van der Waals surface area contributed by atoms with Crippen molar-refractivity contribution in [1.82, 2.24) is 4.98 Å². The minimum atomic E-state index is -0.0347. The second-order valence-electron chi connectivity index (χ2n) is 3.40. The molecule has 84 valence electrons. The molecule has 0 aliphatic heterocycles. The Bertz CT molecular complexity index is 272. The highest BCUT2D eigenvalue weighted by molar-refractivity contribution is 5.21. The smallest absolute Gasteiger partial charge is 0.137 e. The standard InChI is InChI=1S/C11H18N2O2/c1-9(12)11-5-4-10(8-13-11)15-7-3-6-14-2/h4-5,8-9H,3,6-7,12H2,1-2H3/t9-/m1/s1. The SMILES string of the molecule is COCCCOc1ccc([C@@H](C)N)nc1. The lowest BCUT2D eigenvalue weighted by molar-refractivity contribution is 0.172. The zero-order valence-corrected chi connectivity index (χ0v) is 9.27. The maximum atomic E-state index is 5.68. The first-order chi connectivity index (χ1) is 7.24. The molecule has 4 heteroatoms. The van der Waals surface area contributed by atoms with Crippen LogP contribution >= 0.6 is 0 Å². The van der Waals surface area contributed by atoms with Crippen molar-refractivity contribution < 1.29 is 9.47 Å². The van der Waals surface area contributed by atoms with Gasteiger partial charge < -0.3 is 15.2 Å². The van der Waals surface area contributed by atoms with Gasteiger partial charge >= 0.3 is 0 Å². The zero-order valence-electron chi connectivity index (χ0n) is 9.27. The number of nitrogens with two attached hydrogens (primary N) is 1. The molecule has 0 aliphatic rings. The molecule has 0 saturated heterocycles. The fraction of sp³-hybridized carbons (Fsp3) is 0.545. The van der Waals surface area contributed by atoms with E-state index >= 15 is 0 Å². The molecule has 1 aromatic heterocycles. The third-order valence-electron chi connectivity index (χ3n) is 1.99. The van der Waals surface area contributed by atoms with Crippen molar-refractivity contribution in [3.63, 3.8) is 0 Å². The van der Waals surface area contributed by atoms with E-state index < -0.39 is 0 Å². The molecule has 0 aliphatic carbocycles. The minimum Gasteiger partial charge on any atom is -0.492 e. The summed E-state index contributed by atoms with van der Waals surface area (Å²) in [5.74, 6) is 0.774. The number of hydrogen-bond acceptors (Lipinski definition) is 4. The summed E-state index contributed by atoms with van der Waals surface area (Å²) >= 11 is 0. The van der Waals surface area contributed by atoms with E-state index in [1.54, 1.807) is 13.3 Å². The summed E-state index contributed by atoms with van der Waals surface area (Å²) in [6.45, 7) is 3.26. The first kappa shape index (κ1) is 11.9. The molecule has 4 nitrogen and oxygen atoms in total. The van der Waals surface area contributed by atoms with Crippen LogP contribution in [0.2, 0.25) is 0 Å². The van der Waals surface area contributed by atoms with Crippen LogP contribution in [0.3, 0.4) is 0 Å². The first-order valence-corrected chi connectivity index (χ1v) is 5.07. The maximum Gasteiger partial charge on any atom is 0.137 e. The van der Waals surface area contributed by atoms with Gasteiger partial charge in [0.15, 0.2) is 0 Å². The molecule has 1 heterocycles. The Balaban J connectivity index is 2.36. The Morgan fingerprint density at radius 3 is 2.73 bits per heavy atom. The molecule has 1 rings (SSSR count). The van der Waals surface area contributed by atoms with Gasteiger partial charge in [-0.15, -0.1) is 0 Å². The third kappa shape index (κ3) is 4.27. The Morgan fingerprint density at radius 1 is 1.40 bits per heavy atom. The van der Waals surface area contributed by atoms with Crippen molar-refractivity contribution in [3.8, 4) is 5.75 Å². The number of aromatic nitrogens is 1. The van der Waals surface area contributed by atoms with Crippen LogP contribution in [0.4, 0.5) is 0 Å². The average Bonchev–Trinajstić information content (AvgIpc) is 2.25. The van der Waals surface area contributed by atoms with Crippen LogP contribution in [0.5, 0.6) is 5.75 Å². The second-order valence-corrected chi connectivity index (χ2v) is 3.40. The summed E-state index contributed by atoms with van der Waals surface area (Å²) in [6, 6.07) is 3.74. The van der Waals surface area contributed by atoms with E-state index in [0.717, 1.165) is 17.9 Å². The summed E-state index contributed by atoms with van der Waals surface area (Å²) in [5.41, 5.74) is 6.56. The Morgan fingerprint density at radius 2 is 2.20 bits per heavy atom. The molecule has 0 radical (unpaired) electrons. The summed E-state index contributed by atoms with van der Waals surface area (Å²) in [4.78, 5) is 4.20. The number of rotatable bonds is 6. The summed E-state index contributed by atoms with van der Waals surface area (Å²) in [6.07, 6.45) is 2.58. The summed E-state index contributed by atoms with van der Waals surface area (Å²) in [5, 5.41) is 0. The number of nitrogens with zero attached hydrogens (tertiary/aromatic N) is 1. The van der Waals surface area contributed by atoms with E-state index in [1.165, 1.54) is 0 Å². The van der Waals surface area contributed by atoms with Crippen molar-refractivity contribution in [1.29, 1.82) is 0 Å². The Kier molecular flexibility index (Phi) is 5.07. The highest BCUT2D eigenvalue weighted by Gasteiger charge is 2.00. The number of pyridine rings is 1. The number of ether oxygens (including phenoxy) is 2. The monoisotopic (exact) mass is 210 g/mol. The zero-order chi connectivity index (χ0) is 11.1. The molecule has 0 aromatic carbocycles. The largest absolute Gasteiger partial charge is 0.492 e. The Labute approximate surface area is 90.4 Å². The molecule has 0 unspecified atom stereocenters. The summed E-state index contributed by atoms with van der Waals surface area (Å²) in [7, 11) is 1.68. The van der Waals surface area contributed by atoms with Crippen molar-refractivity contribution in [3.05, 3.63) is 24.0 Å². The van der Waals surface area contributed by atoms with E-state index in [4.69, 9.17) is 15.2 Å². The van der Waals surface area contributed by atoms with Crippen LogP contribution < -0.4 is 10.5 Å². The molecule has 0 spiro atoms. The van der Waals surface area contributed by atoms with E-state index in [0.29, 0.717) is 13.2 Å². The van der Waals surface area contributed by atoms with Gasteiger partial charge in [0, 0.05) is 26.2 Å². The molecule has 1 aromatic rings. The van der Waals surface area contributed by atoms with Gasteiger partial charge in [0.2, 0.25) is 0 Å². The average molecular weight is 210 g/mol. The fourth-order valence-electron chi connectivity index (χ4n) is 1.14. The van der Waals surface area contributed by atoms with Gasteiger partial charge in [-0.3, -0.25) is 4.98 Å². The van der Waals surface area contributed by atoms with Gasteiger partial charge in [-0.25, -0.2) is 0 Å². The lowest BCUT2D eigenvalue weighted by atomic mass is 10.2. The quantitative estimate of drug-likeness (QED) is 0.723. The molecule has 0 bridgehead atoms. The molecule has 0 fully saturated rings. The van der Waals surface area contributed by atoms with Crippen molar-refractivity contribution in [2.45, 2.75) is 19.4 Å². The Hall–Kier alpha value is -1.13. The molecule has 0 amide bonds. The predicted molar refractivity (Wildman–Crippen MR) is 58.8 cm³/mol. The maximum absolute atomic E-state index is 5.68. The van der Waals surface area contributed by atoms with Gasteiger partial charge in [-0.2, -0.15) is 0 Å². The van der Waals surface area contributed by atoms with Gasteiger partial charge in [-0.1, -0.05) is 0 Å². The third-order valence-corrected chi connectivity index (χ3v) is 1.99. The normalized spacial score (nSPS) is 12.5. The van der Waals surface area contributed by atoms with Crippen LogP contribution in [0.25, 0.3) is 0 Å². The van der Waals surface area contributed by atoms with Gasteiger partial charge in [0.1, 0.15) is 5.75 Å². The van der Waals surface area contributed by atoms with Crippen molar-refractivity contribution in [2.24, 2.45) is 5.73 Å². The highest BCUT2D eigenvalue weighted by atomic mass is 16.5. The van der Waals surface area contributed by atoms with Crippen molar-refractivity contribution >= 4 is 0 Å². The van der Waals surface area contributed by atoms with Gasteiger partial charge in [0.25, 0.3) is 0 Å². The van der Waals surface area contributed by atoms with Gasteiger partial charge in [0.05, 0.1) is 18.5 Å². The van der Waals surface area contributed by atoms with Gasteiger partial charge in [-0.05, 0) is 19.1 Å². The van der Waals surface area contributed by atoms with E-state index in [9.17, 15) is 0 Å². The molecule has 1 atom stereocenters. The van der Waals surface area contributed by atoms with Crippen LogP contribution in [-0.4, -0.2) is 25.3 Å². The topological polar surface area (TPSA) is 57.4 Å². The van der Waals surface area contributed by atoms with Crippen LogP contribution in [0, 0.1) is 0 Å². The molecular weight excluding hydrogens is 192 g/mol. The fourth-order valence-corrected chi connectivity index (χ4v) is 1.14. The van der Waals surface area contributed by atoms with E-state index in [2.05, 4.69) is 4.98 Å². The lowest BCUT2D eigenvalue weighted by Gasteiger charge is -2.07. The van der Waals surface area contributed by atoms with E-state index in [-0.39, 0.29) is 6.04 Å². The van der Waals surface area contributed by atoms with Crippen LogP contribution in [0.15, 0.2) is 18.3 Å². The predicted octanol–water partition coefficient (Wildman–Crippen LogP) is 1.52. The minimum absolute atomic E-state index is 0.0347. The summed E-state index contributed by atoms with van der Waals surface area (Å²) < 4.78 is 10.4. The van der Waals surface area contributed by atoms with Crippen molar-refractivity contribution in [2.75, 3.05) is 20.3 Å². The van der Waals surface area contributed by atoms with Crippen LogP contribution in [0.1, 0.15) is 25.1 Å².